The van der Waals surface area contributed by atoms with Crippen molar-refractivity contribution in [3.63, 3.8) is 0 Å². The quantitative estimate of drug-likeness (QED) is 0.369. The monoisotopic (exact) mass is 206 g/mol. The van der Waals surface area contributed by atoms with E-state index in [1.807, 2.05) is 30.3 Å². The molecule has 0 saturated heterocycles. The molecule has 0 atom stereocenters. The number of carbonyl (C=O) groups is 1. The lowest BCUT2D eigenvalue weighted by atomic mass is 10.2. The Morgan fingerprint density at radius 1 is 1.27 bits per heavy atom. The molecular weight excluding hydrogens is 192 g/mol. The zero-order chi connectivity index (χ0) is 11.1. The van der Waals surface area contributed by atoms with Crippen LogP contribution in [0.1, 0.15) is 5.56 Å². The van der Waals surface area contributed by atoms with Crippen molar-refractivity contribution in [1.29, 1.82) is 0 Å². The van der Waals surface area contributed by atoms with Crippen molar-refractivity contribution in [2.75, 3.05) is 13.1 Å². The molecule has 0 spiro atoms. The first-order chi connectivity index (χ1) is 7.20. The van der Waals surface area contributed by atoms with Crippen LogP contribution in [0.4, 0.5) is 4.79 Å². The van der Waals surface area contributed by atoms with Gasteiger partial charge in [0.05, 0.1) is 6.54 Å². The van der Waals surface area contributed by atoms with Crippen molar-refractivity contribution in [1.82, 2.24) is 5.32 Å². The van der Waals surface area contributed by atoms with E-state index in [0.717, 1.165) is 5.56 Å². The summed E-state index contributed by atoms with van der Waals surface area (Å²) >= 11 is 0. The van der Waals surface area contributed by atoms with E-state index in [0.29, 0.717) is 18.9 Å². The minimum absolute atomic E-state index is 0.392. The van der Waals surface area contributed by atoms with Gasteiger partial charge in [-0.2, -0.15) is 0 Å². The summed E-state index contributed by atoms with van der Waals surface area (Å²) in [4.78, 5) is 14.4. The number of nitrogens with two attached hydrogens (primary N) is 2. The number of hydrogen-bond donors (Lipinski definition) is 3. The van der Waals surface area contributed by atoms with Crippen LogP contribution in [0.5, 0.6) is 0 Å². The predicted molar refractivity (Wildman–Crippen MR) is 59.6 cm³/mol. The van der Waals surface area contributed by atoms with Crippen molar-refractivity contribution in [3.05, 3.63) is 35.9 Å². The van der Waals surface area contributed by atoms with E-state index in [4.69, 9.17) is 11.5 Å². The Balaban J connectivity index is 2.43. The molecule has 15 heavy (non-hydrogen) atoms. The Bertz CT molecular complexity index is 348. The molecule has 5 heteroatoms. The number of benzene rings is 1. The summed E-state index contributed by atoms with van der Waals surface area (Å²) in [7, 11) is 0. The molecule has 0 aliphatic carbocycles. The molecule has 5 nitrogen and oxygen atoms in total. The molecule has 1 rings (SSSR count). The second kappa shape index (κ2) is 5.64. The molecule has 0 radical (unpaired) electrons. The zero-order valence-electron chi connectivity index (χ0n) is 8.31. The lowest BCUT2D eigenvalue weighted by Gasteiger charge is -2.01. The van der Waals surface area contributed by atoms with Crippen LogP contribution in [0.15, 0.2) is 35.3 Å². The van der Waals surface area contributed by atoms with Crippen LogP contribution >= 0.6 is 0 Å². The number of amidine groups is 1. The summed E-state index contributed by atoms with van der Waals surface area (Å²) in [5.74, 6) is 0.460. The van der Waals surface area contributed by atoms with E-state index in [-0.39, 0.29) is 0 Å². The molecule has 80 valence electrons. The summed E-state index contributed by atoms with van der Waals surface area (Å²) in [5, 5.41) is 2.43. The molecule has 0 saturated carbocycles. The van der Waals surface area contributed by atoms with E-state index in [9.17, 15) is 4.79 Å². The standard InChI is InChI=1S/C10H14N4O/c11-9(8-4-2-1-3-5-8)13-6-7-14-10(12)15/h1-5H,6-7H2,(H2,11,13)(H3,12,14,15). The highest BCUT2D eigenvalue weighted by molar-refractivity contribution is 5.97. The van der Waals surface area contributed by atoms with Gasteiger partial charge in [0.25, 0.3) is 0 Å². The van der Waals surface area contributed by atoms with E-state index in [1.165, 1.54) is 0 Å². The molecule has 0 fully saturated rings. The van der Waals surface area contributed by atoms with Crippen LogP contribution in [-0.2, 0) is 0 Å². The third kappa shape index (κ3) is 4.12. The van der Waals surface area contributed by atoms with Crippen molar-refractivity contribution in [2.45, 2.75) is 0 Å². The third-order valence-electron chi connectivity index (χ3n) is 1.76. The number of primary amides is 1. The SMILES string of the molecule is NC(=O)NCCN=C(N)c1ccccc1. The Morgan fingerprint density at radius 2 is 1.93 bits per heavy atom. The van der Waals surface area contributed by atoms with Crippen LogP contribution in [0.25, 0.3) is 0 Å². The maximum absolute atomic E-state index is 10.3. The van der Waals surface area contributed by atoms with Crippen LogP contribution in [0.3, 0.4) is 0 Å². The smallest absolute Gasteiger partial charge is 0.312 e. The topological polar surface area (TPSA) is 93.5 Å². The van der Waals surface area contributed by atoms with Gasteiger partial charge in [0, 0.05) is 12.1 Å². The Morgan fingerprint density at radius 3 is 2.53 bits per heavy atom. The maximum atomic E-state index is 10.3. The molecule has 1 aromatic carbocycles. The number of hydrogen-bond acceptors (Lipinski definition) is 2. The molecule has 2 amide bonds. The first-order valence-electron chi connectivity index (χ1n) is 4.59. The fourth-order valence-corrected chi connectivity index (χ4v) is 1.06. The first-order valence-corrected chi connectivity index (χ1v) is 4.59. The second-order valence-electron chi connectivity index (χ2n) is 2.92. The van der Waals surface area contributed by atoms with Gasteiger partial charge in [0.15, 0.2) is 0 Å². The van der Waals surface area contributed by atoms with Gasteiger partial charge < -0.3 is 16.8 Å². The minimum atomic E-state index is -0.552. The number of nitrogens with zero attached hydrogens (tertiary/aromatic N) is 1. The number of rotatable bonds is 4. The normalized spacial score (nSPS) is 11.1. The van der Waals surface area contributed by atoms with Gasteiger partial charge in [-0.3, -0.25) is 4.99 Å². The third-order valence-corrected chi connectivity index (χ3v) is 1.76. The molecule has 0 unspecified atom stereocenters. The molecule has 0 bridgehead atoms. The van der Waals surface area contributed by atoms with E-state index in [2.05, 4.69) is 10.3 Å². The van der Waals surface area contributed by atoms with Crippen LogP contribution < -0.4 is 16.8 Å². The predicted octanol–water partition coefficient (Wildman–Crippen LogP) is 0.0602. The molecule has 0 aliphatic heterocycles. The number of urea groups is 1. The van der Waals surface area contributed by atoms with Gasteiger partial charge in [-0.25, -0.2) is 4.79 Å². The lowest BCUT2D eigenvalue weighted by Crippen LogP contribution is -2.31. The van der Waals surface area contributed by atoms with Crippen molar-refractivity contribution < 1.29 is 4.79 Å². The minimum Gasteiger partial charge on any atom is -0.384 e. The fraction of sp³-hybridized carbons (Fsp3) is 0.200. The highest BCUT2D eigenvalue weighted by Crippen LogP contribution is 1.97. The fourth-order valence-electron chi connectivity index (χ4n) is 1.06. The number of nitrogens with one attached hydrogen (secondary N) is 1. The number of aliphatic imine (C=N–C) groups is 1. The molecule has 5 N–H and O–H groups in total. The molecule has 0 aromatic heterocycles. The summed E-state index contributed by atoms with van der Waals surface area (Å²) in [6.07, 6.45) is 0. The largest absolute Gasteiger partial charge is 0.384 e. The first kappa shape index (κ1) is 11.0. The molecule has 0 aliphatic rings. The zero-order valence-corrected chi connectivity index (χ0v) is 8.31. The van der Waals surface area contributed by atoms with Gasteiger partial charge in [-0.1, -0.05) is 30.3 Å². The van der Waals surface area contributed by atoms with Gasteiger partial charge in [0.1, 0.15) is 5.84 Å². The summed E-state index contributed by atoms with van der Waals surface area (Å²) in [6.45, 7) is 0.812. The van der Waals surface area contributed by atoms with Gasteiger partial charge in [-0.05, 0) is 0 Å². The van der Waals surface area contributed by atoms with Crippen LogP contribution in [0, 0.1) is 0 Å². The highest BCUT2D eigenvalue weighted by atomic mass is 16.2. The Kier molecular flexibility index (Phi) is 4.15. The van der Waals surface area contributed by atoms with Crippen molar-refractivity contribution >= 4 is 11.9 Å². The van der Waals surface area contributed by atoms with E-state index in [1.54, 1.807) is 0 Å². The lowest BCUT2D eigenvalue weighted by molar-refractivity contribution is 0.249. The van der Waals surface area contributed by atoms with Crippen molar-refractivity contribution in [2.24, 2.45) is 16.5 Å². The Labute approximate surface area is 88.2 Å². The van der Waals surface area contributed by atoms with E-state index < -0.39 is 6.03 Å². The van der Waals surface area contributed by atoms with Gasteiger partial charge in [0.2, 0.25) is 0 Å². The summed E-state index contributed by atoms with van der Waals surface area (Å²) in [6, 6.07) is 8.88. The second-order valence-corrected chi connectivity index (χ2v) is 2.92. The summed E-state index contributed by atoms with van der Waals surface area (Å²) in [5.41, 5.74) is 11.5. The number of amides is 2. The molecule has 0 heterocycles. The van der Waals surface area contributed by atoms with E-state index >= 15 is 0 Å². The van der Waals surface area contributed by atoms with Crippen LogP contribution in [0.2, 0.25) is 0 Å². The molecule has 1 aromatic rings. The molecular formula is C10H14N4O. The Hall–Kier alpha value is -2.04. The van der Waals surface area contributed by atoms with Crippen LogP contribution in [-0.4, -0.2) is 25.0 Å². The van der Waals surface area contributed by atoms with Gasteiger partial charge in [-0.15, -0.1) is 0 Å². The average molecular weight is 206 g/mol. The maximum Gasteiger partial charge on any atom is 0.312 e. The van der Waals surface area contributed by atoms with Crippen molar-refractivity contribution in [3.8, 4) is 0 Å². The van der Waals surface area contributed by atoms with Gasteiger partial charge >= 0.3 is 6.03 Å². The summed E-state index contributed by atoms with van der Waals surface area (Å²) < 4.78 is 0. The number of carbonyl (C=O) groups excluding carboxylic acids is 1. The highest BCUT2D eigenvalue weighted by Gasteiger charge is 1.95. The average Bonchev–Trinajstić information content (AvgIpc) is 2.25.